The summed E-state index contributed by atoms with van der Waals surface area (Å²) in [6.45, 7) is 3.04. The highest BCUT2D eigenvalue weighted by Gasteiger charge is 1.98. The van der Waals surface area contributed by atoms with E-state index in [2.05, 4.69) is 5.10 Å². The van der Waals surface area contributed by atoms with Crippen LogP contribution in [-0.2, 0) is 13.1 Å². The second-order valence-corrected chi connectivity index (χ2v) is 2.95. The number of nitrogens with zero attached hydrogens (tertiary/aromatic N) is 2. The van der Waals surface area contributed by atoms with Crippen LogP contribution in [0.1, 0.15) is 18.9 Å². The molecule has 1 aromatic heterocycles. The van der Waals surface area contributed by atoms with Crippen molar-refractivity contribution < 1.29 is 5.11 Å². The molecule has 0 radical (unpaired) electrons. The van der Waals surface area contributed by atoms with E-state index < -0.39 is 0 Å². The van der Waals surface area contributed by atoms with Gasteiger partial charge in [0.1, 0.15) is 0 Å². The molecule has 1 heterocycles. The van der Waals surface area contributed by atoms with Crippen LogP contribution >= 0.6 is 0 Å². The first kappa shape index (κ1) is 9.22. The fraction of sp³-hybridized carbons (Fsp3) is 0.625. The fourth-order valence-corrected chi connectivity index (χ4v) is 0.953. The first-order valence-corrected chi connectivity index (χ1v) is 4.12. The Bertz CT molecular complexity index is 232. The van der Waals surface area contributed by atoms with Crippen LogP contribution in [0.2, 0.25) is 0 Å². The first-order valence-electron chi connectivity index (χ1n) is 4.12. The molecule has 4 nitrogen and oxygen atoms in total. The molecule has 4 heteroatoms. The van der Waals surface area contributed by atoms with Gasteiger partial charge >= 0.3 is 0 Å². The zero-order valence-electron chi connectivity index (χ0n) is 7.27. The molecule has 0 saturated heterocycles. The maximum absolute atomic E-state index is 9.01. The summed E-state index contributed by atoms with van der Waals surface area (Å²) in [5, 5.41) is 13.1. The second kappa shape index (κ2) is 4.23. The molecule has 12 heavy (non-hydrogen) atoms. The number of aromatic nitrogens is 2. The van der Waals surface area contributed by atoms with E-state index in [-0.39, 0.29) is 6.10 Å². The molecule has 1 aromatic rings. The van der Waals surface area contributed by atoms with Gasteiger partial charge in [-0.1, -0.05) is 0 Å². The van der Waals surface area contributed by atoms with Gasteiger partial charge in [-0.15, -0.1) is 0 Å². The van der Waals surface area contributed by atoms with E-state index in [0.29, 0.717) is 6.54 Å². The predicted molar refractivity (Wildman–Crippen MR) is 46.4 cm³/mol. The fourth-order valence-electron chi connectivity index (χ4n) is 0.953. The minimum absolute atomic E-state index is 0.268. The van der Waals surface area contributed by atoms with Crippen LogP contribution in [0.3, 0.4) is 0 Å². The van der Waals surface area contributed by atoms with Gasteiger partial charge in [0, 0.05) is 24.8 Å². The van der Waals surface area contributed by atoms with Crippen molar-refractivity contribution in [1.82, 2.24) is 9.78 Å². The molecule has 0 aromatic carbocycles. The van der Waals surface area contributed by atoms with Gasteiger partial charge in [0.05, 0.1) is 12.3 Å². The lowest BCUT2D eigenvalue weighted by molar-refractivity contribution is 0.176. The van der Waals surface area contributed by atoms with E-state index in [0.717, 1.165) is 18.5 Å². The maximum atomic E-state index is 9.01. The summed E-state index contributed by atoms with van der Waals surface area (Å²) in [5.41, 5.74) is 6.44. The summed E-state index contributed by atoms with van der Waals surface area (Å²) in [6.07, 6.45) is 4.12. The van der Waals surface area contributed by atoms with Crippen molar-refractivity contribution in [2.45, 2.75) is 32.5 Å². The van der Waals surface area contributed by atoms with E-state index in [1.165, 1.54) is 0 Å². The van der Waals surface area contributed by atoms with Crippen LogP contribution in [0.15, 0.2) is 12.4 Å². The van der Waals surface area contributed by atoms with E-state index in [1.54, 1.807) is 17.8 Å². The third kappa shape index (κ3) is 2.64. The van der Waals surface area contributed by atoms with E-state index in [1.807, 2.05) is 6.20 Å². The smallest absolute Gasteiger partial charge is 0.0534 e. The van der Waals surface area contributed by atoms with Gasteiger partial charge in [-0.25, -0.2) is 0 Å². The number of hydrogen-bond donors (Lipinski definition) is 2. The largest absolute Gasteiger partial charge is 0.393 e. The van der Waals surface area contributed by atoms with Gasteiger partial charge < -0.3 is 10.8 Å². The summed E-state index contributed by atoms with van der Waals surface area (Å²) in [7, 11) is 0. The summed E-state index contributed by atoms with van der Waals surface area (Å²) in [5.74, 6) is 0. The van der Waals surface area contributed by atoms with E-state index >= 15 is 0 Å². The Morgan fingerprint density at radius 2 is 2.50 bits per heavy atom. The molecule has 0 aliphatic heterocycles. The van der Waals surface area contributed by atoms with Crippen LogP contribution in [-0.4, -0.2) is 21.0 Å². The van der Waals surface area contributed by atoms with Crippen LogP contribution in [0.25, 0.3) is 0 Å². The van der Waals surface area contributed by atoms with Crippen LogP contribution in [0.5, 0.6) is 0 Å². The highest BCUT2D eigenvalue weighted by Crippen LogP contribution is 1.98. The number of aryl methyl sites for hydroxylation is 1. The lowest BCUT2D eigenvalue weighted by Crippen LogP contribution is -2.07. The van der Waals surface area contributed by atoms with Gasteiger partial charge in [0.25, 0.3) is 0 Å². The molecule has 3 N–H and O–H groups in total. The lowest BCUT2D eigenvalue weighted by Gasteiger charge is -2.02. The molecule has 0 aliphatic carbocycles. The van der Waals surface area contributed by atoms with Crippen molar-refractivity contribution >= 4 is 0 Å². The van der Waals surface area contributed by atoms with E-state index in [9.17, 15) is 0 Å². The number of aliphatic hydroxyl groups excluding tert-OH is 1. The number of aliphatic hydroxyl groups is 1. The van der Waals surface area contributed by atoms with Gasteiger partial charge in [0.15, 0.2) is 0 Å². The van der Waals surface area contributed by atoms with Crippen molar-refractivity contribution in [3.05, 3.63) is 18.0 Å². The Kier molecular flexibility index (Phi) is 3.25. The number of rotatable bonds is 4. The average Bonchev–Trinajstić information content (AvgIpc) is 2.48. The Labute approximate surface area is 72.0 Å². The third-order valence-electron chi connectivity index (χ3n) is 1.70. The van der Waals surface area contributed by atoms with Crippen molar-refractivity contribution in [3.63, 3.8) is 0 Å². The SMILES string of the molecule is CC(O)CCn1cc(CN)cn1. The molecule has 0 amide bonds. The van der Waals surface area contributed by atoms with Crippen molar-refractivity contribution in [2.75, 3.05) is 0 Å². The van der Waals surface area contributed by atoms with Crippen LogP contribution in [0.4, 0.5) is 0 Å². The standard InChI is InChI=1S/C8H15N3O/c1-7(12)2-3-11-6-8(4-9)5-10-11/h5-7,12H,2-4,9H2,1H3. The highest BCUT2D eigenvalue weighted by atomic mass is 16.3. The van der Waals surface area contributed by atoms with Crippen LogP contribution < -0.4 is 5.73 Å². The summed E-state index contributed by atoms with van der Waals surface area (Å²) >= 11 is 0. The molecule has 0 aliphatic rings. The first-order chi connectivity index (χ1) is 5.72. The average molecular weight is 169 g/mol. The molecule has 0 saturated carbocycles. The summed E-state index contributed by atoms with van der Waals surface area (Å²) < 4.78 is 1.80. The highest BCUT2D eigenvalue weighted by molar-refractivity contribution is 5.02. The molecule has 1 rings (SSSR count). The summed E-state index contributed by atoms with van der Waals surface area (Å²) in [6, 6.07) is 0. The van der Waals surface area contributed by atoms with Crippen LogP contribution in [0, 0.1) is 0 Å². The molecule has 0 fully saturated rings. The lowest BCUT2D eigenvalue weighted by atomic mass is 10.3. The van der Waals surface area contributed by atoms with Crippen molar-refractivity contribution in [1.29, 1.82) is 0 Å². The van der Waals surface area contributed by atoms with Crippen molar-refractivity contribution in [2.24, 2.45) is 5.73 Å². The zero-order chi connectivity index (χ0) is 8.97. The monoisotopic (exact) mass is 169 g/mol. The minimum atomic E-state index is -0.268. The summed E-state index contributed by atoms with van der Waals surface area (Å²) in [4.78, 5) is 0. The molecule has 0 spiro atoms. The third-order valence-corrected chi connectivity index (χ3v) is 1.70. The predicted octanol–water partition coefficient (Wildman–Crippen LogP) is 0.113. The molecular formula is C8H15N3O. The Hall–Kier alpha value is -0.870. The molecule has 68 valence electrons. The molecular weight excluding hydrogens is 154 g/mol. The normalized spacial score (nSPS) is 13.2. The molecule has 0 bridgehead atoms. The van der Waals surface area contributed by atoms with Gasteiger partial charge in [-0.2, -0.15) is 5.10 Å². The van der Waals surface area contributed by atoms with E-state index in [4.69, 9.17) is 10.8 Å². The number of hydrogen-bond acceptors (Lipinski definition) is 3. The zero-order valence-corrected chi connectivity index (χ0v) is 7.27. The molecule has 1 unspecified atom stereocenters. The maximum Gasteiger partial charge on any atom is 0.0534 e. The van der Waals surface area contributed by atoms with Gasteiger partial charge in [-0.3, -0.25) is 4.68 Å². The Morgan fingerprint density at radius 1 is 1.75 bits per heavy atom. The topological polar surface area (TPSA) is 64.1 Å². The molecule has 1 atom stereocenters. The van der Waals surface area contributed by atoms with Gasteiger partial charge in [0.2, 0.25) is 0 Å². The minimum Gasteiger partial charge on any atom is -0.393 e. The Balaban J connectivity index is 2.41. The van der Waals surface area contributed by atoms with Crippen molar-refractivity contribution in [3.8, 4) is 0 Å². The second-order valence-electron chi connectivity index (χ2n) is 2.95. The van der Waals surface area contributed by atoms with Gasteiger partial charge in [-0.05, 0) is 13.3 Å². The Morgan fingerprint density at radius 3 is 3.00 bits per heavy atom. The quantitative estimate of drug-likeness (QED) is 0.672. The number of nitrogens with two attached hydrogens (primary N) is 1.